The highest BCUT2D eigenvalue weighted by molar-refractivity contribution is 5.91. The Morgan fingerprint density at radius 2 is 1.63 bits per heavy atom. The molecule has 0 saturated heterocycles. The lowest BCUT2D eigenvalue weighted by atomic mass is 10.1. The quantitative estimate of drug-likeness (QED) is 0.479. The fourth-order valence-electron chi connectivity index (χ4n) is 1.94. The molecular weight excluding hydrogens is 240 g/mol. The van der Waals surface area contributed by atoms with E-state index in [9.17, 15) is 9.59 Å². The summed E-state index contributed by atoms with van der Waals surface area (Å²) in [5.74, 6) is 0.116. The summed E-state index contributed by atoms with van der Waals surface area (Å²) in [5.41, 5.74) is 2.62. The molecule has 3 nitrogen and oxygen atoms in total. The van der Waals surface area contributed by atoms with Crippen LogP contribution in [0, 0.1) is 13.8 Å². The van der Waals surface area contributed by atoms with Crippen molar-refractivity contribution in [3.05, 3.63) is 64.7 Å². The fourth-order valence-corrected chi connectivity index (χ4v) is 1.94. The summed E-state index contributed by atoms with van der Waals surface area (Å²) in [5, 5.41) is 0. The van der Waals surface area contributed by atoms with Crippen LogP contribution >= 0.6 is 0 Å². The third-order valence-electron chi connectivity index (χ3n) is 2.82. The lowest BCUT2D eigenvalue weighted by Crippen LogP contribution is -2.10. The molecule has 0 saturated carbocycles. The van der Waals surface area contributed by atoms with Crippen molar-refractivity contribution in [3.8, 4) is 5.75 Å². The van der Waals surface area contributed by atoms with E-state index in [1.165, 1.54) is 0 Å². The zero-order valence-corrected chi connectivity index (χ0v) is 10.8. The van der Waals surface area contributed by atoms with Gasteiger partial charge in [-0.15, -0.1) is 0 Å². The molecule has 0 aromatic heterocycles. The summed E-state index contributed by atoms with van der Waals surface area (Å²) in [6, 6.07) is 12.2. The number of rotatable bonds is 3. The molecule has 0 fully saturated rings. The second kappa shape index (κ2) is 5.48. The Morgan fingerprint density at radius 1 is 1.05 bits per heavy atom. The minimum atomic E-state index is -0.398. The maximum Gasteiger partial charge on any atom is 0.343 e. The van der Waals surface area contributed by atoms with Crippen LogP contribution in [0.1, 0.15) is 31.8 Å². The Morgan fingerprint density at radius 3 is 2.16 bits per heavy atom. The largest absolute Gasteiger partial charge is 0.422 e. The number of ether oxygens (including phenoxy) is 1. The fraction of sp³-hybridized carbons (Fsp3) is 0.125. The average molecular weight is 254 g/mol. The maximum atomic E-state index is 12.0. The van der Waals surface area contributed by atoms with E-state index in [-0.39, 0.29) is 0 Å². The Hall–Kier alpha value is -2.42. The van der Waals surface area contributed by atoms with Crippen molar-refractivity contribution in [2.75, 3.05) is 0 Å². The molecule has 0 heterocycles. The molecule has 0 spiro atoms. The summed E-state index contributed by atoms with van der Waals surface area (Å²) in [7, 11) is 0. The van der Waals surface area contributed by atoms with Crippen LogP contribution < -0.4 is 4.74 Å². The predicted octanol–water partition coefficient (Wildman–Crippen LogP) is 3.34. The summed E-state index contributed by atoms with van der Waals surface area (Å²) in [6.07, 6.45) is 0.781. The molecule has 2 aromatic rings. The number of carbonyl (C=O) groups is 2. The average Bonchev–Trinajstić information content (AvgIpc) is 2.43. The molecule has 0 atom stereocenters. The number of benzene rings is 2. The molecule has 2 aromatic carbocycles. The molecule has 0 unspecified atom stereocenters. The standard InChI is InChI=1S/C16H14O3/c1-11-8-13(10-17)9-12(2)15(11)19-16(18)14-6-4-3-5-7-14/h3-10H,1-2H3. The number of carbonyl (C=O) groups excluding carboxylic acids is 2. The van der Waals surface area contributed by atoms with E-state index >= 15 is 0 Å². The van der Waals surface area contributed by atoms with Gasteiger partial charge in [0.1, 0.15) is 12.0 Å². The van der Waals surface area contributed by atoms with Crippen LogP contribution in [0.2, 0.25) is 0 Å². The van der Waals surface area contributed by atoms with Crippen LogP contribution in [0.4, 0.5) is 0 Å². The summed E-state index contributed by atoms with van der Waals surface area (Å²) >= 11 is 0. The van der Waals surface area contributed by atoms with Gasteiger partial charge >= 0.3 is 5.97 Å². The molecule has 3 heteroatoms. The van der Waals surface area contributed by atoms with Gasteiger partial charge in [-0.25, -0.2) is 4.79 Å². The van der Waals surface area contributed by atoms with Crippen molar-refractivity contribution in [1.29, 1.82) is 0 Å². The first-order valence-corrected chi connectivity index (χ1v) is 5.95. The second-order valence-corrected chi connectivity index (χ2v) is 4.36. The molecule has 0 bridgehead atoms. The second-order valence-electron chi connectivity index (χ2n) is 4.36. The van der Waals surface area contributed by atoms with E-state index in [1.54, 1.807) is 36.4 Å². The van der Waals surface area contributed by atoms with E-state index in [1.807, 2.05) is 19.9 Å². The first-order chi connectivity index (χ1) is 9.11. The molecule has 19 heavy (non-hydrogen) atoms. The Kier molecular flexibility index (Phi) is 3.76. The van der Waals surface area contributed by atoms with Crippen molar-refractivity contribution in [3.63, 3.8) is 0 Å². The van der Waals surface area contributed by atoms with Gasteiger partial charge in [0, 0.05) is 5.56 Å². The van der Waals surface area contributed by atoms with Crippen molar-refractivity contribution in [1.82, 2.24) is 0 Å². The first-order valence-electron chi connectivity index (χ1n) is 5.95. The van der Waals surface area contributed by atoms with Crippen LogP contribution in [-0.4, -0.2) is 12.3 Å². The minimum absolute atomic E-state index is 0.398. The first kappa shape index (κ1) is 13.0. The SMILES string of the molecule is Cc1cc(C=O)cc(C)c1OC(=O)c1ccccc1. The lowest BCUT2D eigenvalue weighted by Gasteiger charge is -2.11. The minimum Gasteiger partial charge on any atom is -0.422 e. The molecular formula is C16H14O3. The Bertz CT molecular complexity index is 592. The van der Waals surface area contributed by atoms with Crippen LogP contribution in [-0.2, 0) is 0 Å². The number of hydrogen-bond acceptors (Lipinski definition) is 3. The van der Waals surface area contributed by atoms with Crippen molar-refractivity contribution in [2.45, 2.75) is 13.8 Å². The zero-order chi connectivity index (χ0) is 13.8. The number of aryl methyl sites for hydroxylation is 2. The highest BCUT2D eigenvalue weighted by atomic mass is 16.5. The molecule has 0 radical (unpaired) electrons. The third-order valence-corrected chi connectivity index (χ3v) is 2.82. The van der Waals surface area contributed by atoms with E-state index < -0.39 is 5.97 Å². The van der Waals surface area contributed by atoms with E-state index in [0.29, 0.717) is 16.9 Å². The van der Waals surface area contributed by atoms with E-state index in [4.69, 9.17) is 4.74 Å². The highest BCUT2D eigenvalue weighted by Gasteiger charge is 2.12. The number of aldehydes is 1. The smallest absolute Gasteiger partial charge is 0.343 e. The van der Waals surface area contributed by atoms with Gasteiger partial charge in [-0.3, -0.25) is 4.79 Å². The lowest BCUT2D eigenvalue weighted by molar-refractivity contribution is 0.0732. The molecule has 96 valence electrons. The van der Waals surface area contributed by atoms with E-state index in [0.717, 1.165) is 17.4 Å². The van der Waals surface area contributed by atoms with Crippen molar-refractivity contribution >= 4 is 12.3 Å². The van der Waals surface area contributed by atoms with Crippen molar-refractivity contribution in [2.24, 2.45) is 0 Å². The topological polar surface area (TPSA) is 43.4 Å². The molecule has 2 rings (SSSR count). The molecule has 0 aliphatic carbocycles. The zero-order valence-electron chi connectivity index (χ0n) is 10.8. The van der Waals surface area contributed by atoms with Crippen LogP contribution in [0.3, 0.4) is 0 Å². The van der Waals surface area contributed by atoms with Gasteiger partial charge in [-0.05, 0) is 49.2 Å². The predicted molar refractivity (Wildman–Crippen MR) is 72.7 cm³/mol. The highest BCUT2D eigenvalue weighted by Crippen LogP contribution is 2.25. The van der Waals surface area contributed by atoms with Gasteiger partial charge in [0.2, 0.25) is 0 Å². The molecule has 0 amide bonds. The van der Waals surface area contributed by atoms with Crippen LogP contribution in [0.25, 0.3) is 0 Å². The van der Waals surface area contributed by atoms with E-state index in [2.05, 4.69) is 0 Å². The summed E-state index contributed by atoms with van der Waals surface area (Å²) < 4.78 is 5.41. The molecule has 0 N–H and O–H groups in total. The monoisotopic (exact) mass is 254 g/mol. The Labute approximate surface area is 111 Å². The van der Waals surface area contributed by atoms with Crippen LogP contribution in [0.5, 0.6) is 5.75 Å². The van der Waals surface area contributed by atoms with Gasteiger partial charge in [0.25, 0.3) is 0 Å². The molecule has 0 aliphatic heterocycles. The third kappa shape index (κ3) is 2.88. The van der Waals surface area contributed by atoms with Crippen LogP contribution in [0.15, 0.2) is 42.5 Å². The van der Waals surface area contributed by atoms with Crippen molar-refractivity contribution < 1.29 is 14.3 Å². The summed E-state index contributed by atoms with van der Waals surface area (Å²) in [6.45, 7) is 3.63. The summed E-state index contributed by atoms with van der Waals surface area (Å²) in [4.78, 5) is 22.7. The number of esters is 1. The van der Waals surface area contributed by atoms with Gasteiger partial charge < -0.3 is 4.74 Å². The Balaban J connectivity index is 2.29. The molecule has 0 aliphatic rings. The van der Waals surface area contributed by atoms with Gasteiger partial charge in [0.05, 0.1) is 5.56 Å². The van der Waals surface area contributed by atoms with Gasteiger partial charge in [0.15, 0.2) is 0 Å². The maximum absolute atomic E-state index is 12.0. The normalized spacial score (nSPS) is 10.0. The van der Waals surface area contributed by atoms with Gasteiger partial charge in [-0.1, -0.05) is 18.2 Å². The van der Waals surface area contributed by atoms with Gasteiger partial charge in [-0.2, -0.15) is 0 Å². The number of hydrogen-bond donors (Lipinski definition) is 0.